The molecule has 0 aromatic heterocycles. The van der Waals surface area contributed by atoms with Gasteiger partial charge in [-0.1, -0.05) is 34.1 Å². The zero-order valence-electron chi connectivity index (χ0n) is 9.50. The molecule has 0 aliphatic rings. The first kappa shape index (κ1) is 12.7. The van der Waals surface area contributed by atoms with Crippen LogP contribution in [0, 0.1) is 0 Å². The minimum atomic E-state index is 0.162. The third kappa shape index (κ3) is 3.59. The number of hydrogen-bond donors (Lipinski definition) is 2. The molecule has 0 bridgehead atoms. The van der Waals surface area contributed by atoms with Crippen molar-refractivity contribution in [1.29, 1.82) is 0 Å². The lowest BCUT2D eigenvalue weighted by Gasteiger charge is -2.23. The summed E-state index contributed by atoms with van der Waals surface area (Å²) >= 11 is 3.55. The summed E-state index contributed by atoms with van der Waals surface area (Å²) in [4.78, 5) is 0. The third-order valence-corrected chi connectivity index (χ3v) is 3.40. The zero-order chi connectivity index (χ0) is 11.4. The molecular weight excluding hydrogens is 252 g/mol. The van der Waals surface area contributed by atoms with Gasteiger partial charge in [0.05, 0.1) is 0 Å². The van der Waals surface area contributed by atoms with Gasteiger partial charge in [0, 0.05) is 22.6 Å². The molecular formula is C12H19BrN2. The van der Waals surface area contributed by atoms with E-state index in [2.05, 4.69) is 53.3 Å². The van der Waals surface area contributed by atoms with Crippen LogP contribution in [0.15, 0.2) is 28.7 Å². The molecule has 0 aliphatic carbocycles. The molecule has 1 aromatic carbocycles. The van der Waals surface area contributed by atoms with Crippen LogP contribution in [-0.2, 0) is 0 Å². The van der Waals surface area contributed by atoms with Crippen LogP contribution in [0.3, 0.4) is 0 Å². The van der Waals surface area contributed by atoms with Crippen LogP contribution in [0.2, 0.25) is 0 Å². The second kappa shape index (κ2) is 5.64. The van der Waals surface area contributed by atoms with Crippen molar-refractivity contribution in [3.63, 3.8) is 0 Å². The molecule has 0 saturated heterocycles. The lowest BCUT2D eigenvalue weighted by atomic mass is 10.1. The van der Waals surface area contributed by atoms with Crippen LogP contribution in [0.4, 0.5) is 0 Å². The van der Waals surface area contributed by atoms with E-state index in [1.807, 2.05) is 13.0 Å². The minimum absolute atomic E-state index is 0.162. The Labute approximate surface area is 100 Å². The van der Waals surface area contributed by atoms with E-state index in [9.17, 15) is 0 Å². The molecule has 15 heavy (non-hydrogen) atoms. The molecule has 0 fully saturated rings. The molecule has 3 atom stereocenters. The summed E-state index contributed by atoms with van der Waals surface area (Å²) in [7, 11) is 0. The standard InChI is InChI=1S/C12H19BrN2/c1-8(14)9(2)15-10(3)11-6-4-5-7-12(11)13/h4-10,15H,14H2,1-3H3. The summed E-state index contributed by atoms with van der Waals surface area (Å²) in [5.41, 5.74) is 7.09. The zero-order valence-corrected chi connectivity index (χ0v) is 11.1. The van der Waals surface area contributed by atoms with Gasteiger partial charge in [0.15, 0.2) is 0 Å². The number of hydrogen-bond acceptors (Lipinski definition) is 2. The molecule has 3 heteroatoms. The largest absolute Gasteiger partial charge is 0.327 e. The first-order chi connectivity index (χ1) is 7.02. The molecule has 0 radical (unpaired) electrons. The summed E-state index contributed by atoms with van der Waals surface area (Å²) in [5, 5.41) is 3.48. The highest BCUT2D eigenvalue weighted by Crippen LogP contribution is 2.23. The van der Waals surface area contributed by atoms with Crippen molar-refractivity contribution < 1.29 is 0 Å². The lowest BCUT2D eigenvalue weighted by Crippen LogP contribution is -2.42. The molecule has 0 saturated carbocycles. The summed E-state index contributed by atoms with van der Waals surface area (Å²) in [5.74, 6) is 0. The van der Waals surface area contributed by atoms with E-state index < -0.39 is 0 Å². The van der Waals surface area contributed by atoms with Gasteiger partial charge in [0.2, 0.25) is 0 Å². The SMILES string of the molecule is CC(NC(C)C(C)N)c1ccccc1Br. The second-order valence-corrected chi connectivity index (χ2v) is 4.91. The van der Waals surface area contributed by atoms with Gasteiger partial charge in [-0.3, -0.25) is 0 Å². The van der Waals surface area contributed by atoms with E-state index >= 15 is 0 Å². The quantitative estimate of drug-likeness (QED) is 0.883. The summed E-state index contributed by atoms with van der Waals surface area (Å²) in [6.45, 7) is 6.28. The van der Waals surface area contributed by atoms with Gasteiger partial charge >= 0.3 is 0 Å². The van der Waals surface area contributed by atoms with Crippen LogP contribution >= 0.6 is 15.9 Å². The van der Waals surface area contributed by atoms with Gasteiger partial charge in [-0.15, -0.1) is 0 Å². The maximum atomic E-state index is 5.83. The highest BCUT2D eigenvalue weighted by Gasteiger charge is 2.13. The number of nitrogens with two attached hydrogens (primary N) is 1. The van der Waals surface area contributed by atoms with Crippen molar-refractivity contribution in [1.82, 2.24) is 5.32 Å². The van der Waals surface area contributed by atoms with Gasteiger partial charge < -0.3 is 11.1 Å². The maximum Gasteiger partial charge on any atom is 0.0306 e. The number of halogens is 1. The average Bonchev–Trinajstić information content (AvgIpc) is 2.18. The van der Waals surface area contributed by atoms with E-state index in [1.54, 1.807) is 0 Å². The van der Waals surface area contributed by atoms with Gasteiger partial charge in [-0.2, -0.15) is 0 Å². The molecule has 3 N–H and O–H groups in total. The Hall–Kier alpha value is -0.380. The van der Waals surface area contributed by atoms with Gasteiger partial charge in [0.25, 0.3) is 0 Å². The molecule has 84 valence electrons. The van der Waals surface area contributed by atoms with Crippen molar-refractivity contribution in [3.05, 3.63) is 34.3 Å². The molecule has 3 unspecified atom stereocenters. The van der Waals surface area contributed by atoms with Crippen molar-refractivity contribution >= 4 is 15.9 Å². The van der Waals surface area contributed by atoms with E-state index in [0.717, 1.165) is 4.47 Å². The van der Waals surface area contributed by atoms with E-state index in [0.29, 0.717) is 12.1 Å². The van der Waals surface area contributed by atoms with Gasteiger partial charge in [-0.25, -0.2) is 0 Å². The fraction of sp³-hybridized carbons (Fsp3) is 0.500. The Morgan fingerprint density at radius 2 is 1.80 bits per heavy atom. The van der Waals surface area contributed by atoms with Crippen molar-refractivity contribution in [2.75, 3.05) is 0 Å². The monoisotopic (exact) mass is 270 g/mol. The van der Waals surface area contributed by atoms with Crippen LogP contribution in [-0.4, -0.2) is 12.1 Å². The molecule has 2 nitrogen and oxygen atoms in total. The molecule has 0 aliphatic heterocycles. The smallest absolute Gasteiger partial charge is 0.0306 e. The Morgan fingerprint density at radius 1 is 1.20 bits per heavy atom. The van der Waals surface area contributed by atoms with Crippen LogP contribution in [0.5, 0.6) is 0 Å². The van der Waals surface area contributed by atoms with E-state index in [1.165, 1.54) is 5.56 Å². The fourth-order valence-electron chi connectivity index (χ4n) is 1.46. The number of nitrogens with one attached hydrogen (secondary N) is 1. The number of rotatable bonds is 4. The Kier molecular flexibility index (Phi) is 4.77. The third-order valence-electron chi connectivity index (χ3n) is 2.67. The topological polar surface area (TPSA) is 38.0 Å². The average molecular weight is 271 g/mol. The highest BCUT2D eigenvalue weighted by atomic mass is 79.9. The lowest BCUT2D eigenvalue weighted by molar-refractivity contribution is 0.429. The molecule has 1 aromatic rings. The Balaban J connectivity index is 2.69. The van der Waals surface area contributed by atoms with Crippen molar-refractivity contribution in [3.8, 4) is 0 Å². The summed E-state index contributed by atoms with van der Waals surface area (Å²) < 4.78 is 1.14. The normalized spacial score (nSPS) is 17.1. The van der Waals surface area contributed by atoms with Crippen LogP contribution < -0.4 is 11.1 Å². The van der Waals surface area contributed by atoms with Crippen LogP contribution in [0.25, 0.3) is 0 Å². The van der Waals surface area contributed by atoms with Gasteiger partial charge in [0.1, 0.15) is 0 Å². The van der Waals surface area contributed by atoms with Crippen molar-refractivity contribution in [2.45, 2.75) is 38.9 Å². The maximum absolute atomic E-state index is 5.83. The van der Waals surface area contributed by atoms with Gasteiger partial charge in [-0.05, 0) is 32.4 Å². The first-order valence-corrected chi connectivity index (χ1v) is 6.07. The summed E-state index contributed by atoms with van der Waals surface area (Å²) in [6.07, 6.45) is 0. The van der Waals surface area contributed by atoms with E-state index in [-0.39, 0.29) is 6.04 Å². The van der Waals surface area contributed by atoms with Crippen LogP contribution in [0.1, 0.15) is 32.4 Å². The summed E-state index contributed by atoms with van der Waals surface area (Å²) in [6, 6.07) is 9.03. The number of benzene rings is 1. The first-order valence-electron chi connectivity index (χ1n) is 5.28. The predicted octanol–water partition coefficient (Wildman–Crippen LogP) is 2.84. The molecule has 1 rings (SSSR count). The van der Waals surface area contributed by atoms with Crippen molar-refractivity contribution in [2.24, 2.45) is 5.73 Å². The Morgan fingerprint density at radius 3 is 2.33 bits per heavy atom. The molecule has 0 heterocycles. The highest BCUT2D eigenvalue weighted by molar-refractivity contribution is 9.10. The Bertz CT molecular complexity index is 312. The molecule has 0 spiro atoms. The molecule has 0 amide bonds. The van der Waals surface area contributed by atoms with E-state index in [4.69, 9.17) is 5.73 Å². The fourth-order valence-corrected chi connectivity index (χ4v) is 2.09. The minimum Gasteiger partial charge on any atom is -0.327 e. The second-order valence-electron chi connectivity index (χ2n) is 4.06. The predicted molar refractivity (Wildman–Crippen MR) is 68.8 cm³/mol.